The Labute approximate surface area is 441 Å². The lowest BCUT2D eigenvalue weighted by Crippen LogP contribution is -2.62. The van der Waals surface area contributed by atoms with Crippen LogP contribution in [0.1, 0.15) is 93.2 Å². The first-order chi connectivity index (χ1) is 35.3. The SMILES string of the molecule is CC1(C)O[C@@H]2[C@@H](CO[C@@]3(COS(N)(=O)=O)OC(C)(C)O[C@@H]23)O1.CC1(C)O[C@@H]2[C@@H](CO[C@@]3(COS(N)(=O)=O)OC(C)(C)O[C@@H]23)O1.CCC1(c2ccccc2)C(=O)NCNC1=O.CCC1(c2ccccc2)C(=O)NCNC1=O. The fourth-order valence-electron chi connectivity index (χ4n) is 10.5. The zero-order valence-electron chi connectivity index (χ0n) is 44.0. The number of rotatable bonds is 10. The summed E-state index contributed by atoms with van der Waals surface area (Å²) in [5.41, 5.74) is -0.654. The number of amides is 4. The second-order valence-corrected chi connectivity index (χ2v) is 23.2. The van der Waals surface area contributed by atoms with Crippen molar-refractivity contribution in [2.24, 2.45) is 10.3 Å². The highest BCUT2D eigenvalue weighted by Gasteiger charge is 2.67. The lowest BCUT2D eigenvalue weighted by Gasteiger charge is -2.40. The number of carbonyl (C=O) groups excluding carboxylic acids is 4. The molecule has 8 heterocycles. The van der Waals surface area contributed by atoms with Gasteiger partial charge in [-0.2, -0.15) is 16.8 Å². The Bertz CT molecular complexity index is 2470. The first-order valence-electron chi connectivity index (χ1n) is 24.6. The number of nitrogens with two attached hydrogens (primary N) is 2. The molecule has 0 saturated carbocycles. The van der Waals surface area contributed by atoms with Crippen LogP contribution in [0.3, 0.4) is 0 Å². The van der Waals surface area contributed by atoms with Gasteiger partial charge in [-0.3, -0.25) is 27.5 Å². The predicted octanol–water partition coefficient (Wildman–Crippen LogP) is 0.285. The zero-order valence-corrected chi connectivity index (χ0v) is 45.7. The third-order valence-corrected chi connectivity index (χ3v) is 14.4. The third kappa shape index (κ3) is 12.6. The molecule has 8 N–H and O–H groups in total. The number of hydrogen-bond donors (Lipinski definition) is 6. The summed E-state index contributed by atoms with van der Waals surface area (Å²) >= 11 is 0. The summed E-state index contributed by atoms with van der Waals surface area (Å²) < 4.78 is 112. The molecular weight excluding hydrogens is 1040 g/mol. The zero-order chi connectivity index (χ0) is 56.0. The average molecular weight is 1120 g/mol. The van der Waals surface area contributed by atoms with Crippen molar-refractivity contribution in [3.05, 3.63) is 71.8 Å². The van der Waals surface area contributed by atoms with E-state index >= 15 is 0 Å². The molecule has 10 rings (SSSR count). The van der Waals surface area contributed by atoms with Gasteiger partial charge in [-0.1, -0.05) is 74.5 Å². The number of ether oxygens (including phenoxy) is 10. The Hall–Kier alpha value is -4.34. The van der Waals surface area contributed by atoms with Gasteiger partial charge in [0, 0.05) is 0 Å². The van der Waals surface area contributed by atoms with E-state index in [0.717, 1.165) is 11.1 Å². The van der Waals surface area contributed by atoms with Crippen LogP contribution in [0.5, 0.6) is 0 Å². The van der Waals surface area contributed by atoms with E-state index < -0.39 is 104 Å². The van der Waals surface area contributed by atoms with Crippen molar-refractivity contribution in [3.63, 3.8) is 0 Å². The molecule has 8 aliphatic rings. The smallest absolute Gasteiger partial charge is 0.333 e. The number of nitrogens with one attached hydrogen (secondary N) is 4. The summed E-state index contributed by atoms with van der Waals surface area (Å²) in [5, 5.41) is 20.5. The van der Waals surface area contributed by atoms with Gasteiger partial charge in [-0.15, -0.1) is 0 Å². The quantitative estimate of drug-likeness (QED) is 0.174. The van der Waals surface area contributed by atoms with E-state index in [1.165, 1.54) is 0 Å². The maximum Gasteiger partial charge on any atom is 0.333 e. The Morgan fingerprint density at radius 1 is 0.500 bits per heavy atom. The van der Waals surface area contributed by atoms with Crippen molar-refractivity contribution >= 4 is 44.2 Å². The van der Waals surface area contributed by atoms with Crippen molar-refractivity contribution in [3.8, 4) is 0 Å². The molecule has 0 aliphatic carbocycles. The Morgan fingerprint density at radius 3 is 1.11 bits per heavy atom. The minimum atomic E-state index is -4.14. The fourth-order valence-corrected chi connectivity index (χ4v) is 11.1. The van der Waals surface area contributed by atoms with E-state index in [9.17, 15) is 36.0 Å². The van der Waals surface area contributed by atoms with Gasteiger partial charge < -0.3 is 68.6 Å². The summed E-state index contributed by atoms with van der Waals surface area (Å²) in [7, 11) is -8.27. The van der Waals surface area contributed by atoms with Crippen molar-refractivity contribution in [1.29, 1.82) is 0 Å². The first kappa shape index (κ1) is 59.3. The molecule has 0 unspecified atom stereocenters. The van der Waals surface area contributed by atoms with Gasteiger partial charge in [0.2, 0.25) is 35.2 Å². The van der Waals surface area contributed by atoms with Gasteiger partial charge in [0.25, 0.3) is 0 Å². The molecule has 28 heteroatoms. The van der Waals surface area contributed by atoms with E-state index in [4.69, 9.17) is 66.0 Å². The molecule has 424 valence electrons. The molecule has 26 nitrogen and oxygen atoms in total. The topological polar surface area (TPSA) is 347 Å². The molecule has 8 aliphatic heterocycles. The van der Waals surface area contributed by atoms with E-state index in [0.29, 0.717) is 12.8 Å². The molecule has 76 heavy (non-hydrogen) atoms. The van der Waals surface area contributed by atoms with Crippen molar-refractivity contribution in [1.82, 2.24) is 21.3 Å². The van der Waals surface area contributed by atoms with E-state index in [1.54, 1.807) is 55.4 Å². The van der Waals surface area contributed by atoms with E-state index in [1.807, 2.05) is 74.5 Å². The standard InChI is InChI=1S/2C12H14N2O2.2C12H21NO8S/c2*1-2-12(9-6-4-3-5-7-9)10(15)13-8-14-11(12)16;2*1-10(2)18-7-5-16-12(6-17-22(13,14)15)9(8(7)19-10)20-11(3,4)21-12/h2*3-7H,2,8H2,1H3,(H,13,15)(H,14,16);2*7-9H,5-6H2,1-4H3,(H2,13,14,15)/t;;2*7-,8-,9+,12+/m..11/s1. The van der Waals surface area contributed by atoms with Gasteiger partial charge >= 0.3 is 20.6 Å². The van der Waals surface area contributed by atoms with Crippen molar-refractivity contribution in [2.45, 2.75) is 164 Å². The van der Waals surface area contributed by atoms with Crippen LogP contribution in [0, 0.1) is 0 Å². The number of carbonyl (C=O) groups is 4. The Balaban J connectivity index is 0.000000149. The molecular formula is C48H70N6O20S2. The summed E-state index contributed by atoms with van der Waals surface area (Å²) in [6, 6.07) is 18.3. The monoisotopic (exact) mass is 1110 g/mol. The Morgan fingerprint density at radius 2 is 0.816 bits per heavy atom. The van der Waals surface area contributed by atoms with Gasteiger partial charge in [-0.25, -0.2) is 10.3 Å². The number of hydrogen-bond acceptors (Lipinski definition) is 20. The average Bonchev–Trinajstić information content (AvgIpc) is 4.03. The van der Waals surface area contributed by atoms with Crippen LogP contribution in [0.25, 0.3) is 0 Å². The van der Waals surface area contributed by atoms with Crippen LogP contribution < -0.4 is 31.5 Å². The fraction of sp³-hybridized carbons (Fsp3) is 0.667. The molecule has 0 spiro atoms. The lowest BCUT2D eigenvalue weighted by atomic mass is 9.75. The minimum Gasteiger partial charge on any atom is -0.343 e. The largest absolute Gasteiger partial charge is 0.343 e. The van der Waals surface area contributed by atoms with Gasteiger partial charge in [-0.05, 0) is 79.4 Å². The predicted molar refractivity (Wildman–Crippen MR) is 262 cm³/mol. The first-order valence-corrected chi connectivity index (χ1v) is 27.5. The van der Waals surface area contributed by atoms with Gasteiger partial charge in [0.15, 0.2) is 34.0 Å². The van der Waals surface area contributed by atoms with Crippen LogP contribution in [0.4, 0.5) is 0 Å². The van der Waals surface area contributed by atoms with E-state index in [-0.39, 0.29) is 62.4 Å². The Kier molecular flexibility index (Phi) is 16.9. The maximum atomic E-state index is 12.0. The summed E-state index contributed by atoms with van der Waals surface area (Å²) in [6.45, 7) is 17.5. The third-order valence-electron chi connectivity index (χ3n) is 13.5. The number of benzene rings is 2. The van der Waals surface area contributed by atoms with E-state index in [2.05, 4.69) is 21.3 Å². The van der Waals surface area contributed by atoms with Gasteiger partial charge in [0.05, 0.1) is 26.6 Å². The van der Waals surface area contributed by atoms with Crippen LogP contribution in [0.15, 0.2) is 60.7 Å². The normalized spacial score (nSPS) is 32.7. The molecule has 2 aromatic carbocycles. The second-order valence-electron chi connectivity index (χ2n) is 20.7. The molecule has 0 aromatic heterocycles. The van der Waals surface area contributed by atoms with Crippen LogP contribution >= 0.6 is 0 Å². The summed E-state index contributed by atoms with van der Waals surface area (Å²) in [5.74, 6) is -7.25. The highest BCUT2D eigenvalue weighted by atomic mass is 32.2. The van der Waals surface area contributed by atoms with Gasteiger partial charge in [0.1, 0.15) is 49.8 Å². The second kappa shape index (κ2) is 21.7. The number of fused-ring (bicyclic) bond motifs is 6. The van der Waals surface area contributed by atoms with Crippen LogP contribution in [-0.2, 0) is 106 Å². The molecule has 8 saturated heterocycles. The molecule has 0 radical (unpaired) electrons. The highest BCUT2D eigenvalue weighted by molar-refractivity contribution is 7.84. The molecule has 0 bridgehead atoms. The molecule has 2 aromatic rings. The molecule has 8 atom stereocenters. The van der Waals surface area contributed by atoms with Crippen LogP contribution in [-0.4, -0.2) is 152 Å². The molecule has 4 amide bonds. The minimum absolute atomic E-state index is 0.165. The highest BCUT2D eigenvalue weighted by Crippen LogP contribution is 2.49. The van der Waals surface area contributed by atoms with Crippen molar-refractivity contribution < 1.29 is 91.7 Å². The maximum absolute atomic E-state index is 12.0. The lowest BCUT2D eigenvalue weighted by molar-refractivity contribution is -0.290. The summed E-state index contributed by atoms with van der Waals surface area (Å²) in [4.78, 5) is 47.9. The summed E-state index contributed by atoms with van der Waals surface area (Å²) in [6.07, 6.45) is -2.09. The molecule has 8 fully saturated rings. The van der Waals surface area contributed by atoms with Crippen molar-refractivity contribution in [2.75, 3.05) is 39.8 Å². The van der Waals surface area contributed by atoms with Crippen LogP contribution in [0.2, 0.25) is 0 Å².